The van der Waals surface area contributed by atoms with Crippen molar-refractivity contribution in [1.29, 1.82) is 0 Å². The lowest BCUT2D eigenvalue weighted by Gasteiger charge is -2.01. The third-order valence-corrected chi connectivity index (χ3v) is 14.5. The van der Waals surface area contributed by atoms with E-state index in [2.05, 4.69) is 291 Å². The van der Waals surface area contributed by atoms with Gasteiger partial charge in [0.05, 0.1) is 0 Å². The standard InChI is InChI=1S/C72H48/c1-7-61-43-62(8-1)50-21-25-52(26-22-50)64-10-3-12-66(45-64)54-29-33-56(34-30-54)68-14-5-16-70(47-68)58-37-41-60(42-38-58)72-18-6-17-71(48-72)59-39-35-57(36-40-59)69-15-4-13-67(46-69)55-31-27-53(28-32-55)65-11-2-9-63(44-65)51-23-19-49(61)20-24-51/h1-48H. The van der Waals surface area contributed by atoms with Crippen LogP contribution in [-0.4, -0.2) is 0 Å². The first kappa shape index (κ1) is 42.7. The summed E-state index contributed by atoms with van der Waals surface area (Å²) in [6.45, 7) is 0. The zero-order valence-corrected chi connectivity index (χ0v) is 39.7. The van der Waals surface area contributed by atoms with Gasteiger partial charge in [0, 0.05) is 0 Å². The minimum atomic E-state index is 1.20. The van der Waals surface area contributed by atoms with E-state index in [1.54, 1.807) is 0 Å². The molecular weight excluding hydrogens is 865 g/mol. The van der Waals surface area contributed by atoms with E-state index in [1.165, 1.54) is 129 Å². The monoisotopic (exact) mass is 912 g/mol. The lowest BCUT2D eigenvalue weighted by molar-refractivity contribution is 1.77. The third-order valence-electron chi connectivity index (χ3n) is 14.5. The normalized spacial score (nSPS) is 11.3. The van der Waals surface area contributed by atoms with Gasteiger partial charge >= 0.3 is 0 Å². The van der Waals surface area contributed by atoms with Crippen molar-refractivity contribution in [3.8, 4) is 0 Å². The molecule has 0 spiro atoms. The van der Waals surface area contributed by atoms with Crippen LogP contribution in [0.5, 0.6) is 0 Å². The van der Waals surface area contributed by atoms with E-state index < -0.39 is 0 Å². The number of hydrogen-bond acceptors (Lipinski definition) is 0. The SMILES string of the molecule is c1cc2cc(c1)c1ccc(cc1)c1cccc(c1)c1ccc(cc1)c1cccc(c1)c1ccc(cc1)c1cccc(c1)c1ccc(cc1)c1cccc(c1)c1ccc(cc1)c1cccc(c1)c1ccc2cc1. The van der Waals surface area contributed by atoms with E-state index >= 15 is 0 Å². The molecule has 0 amide bonds. The smallest absolute Gasteiger partial charge is 0.0178 e. The minimum absolute atomic E-state index is 1.20. The van der Waals surface area contributed by atoms with Gasteiger partial charge in [0.25, 0.3) is 0 Å². The molecule has 0 radical (unpaired) electrons. The van der Waals surface area contributed by atoms with Crippen LogP contribution >= 0.6 is 0 Å². The molecule has 0 aliphatic rings. The lowest BCUT2D eigenvalue weighted by Crippen LogP contribution is -1.75. The zero-order chi connectivity index (χ0) is 47.8. The predicted molar refractivity (Wildman–Crippen MR) is 316 cm³/mol. The van der Waals surface area contributed by atoms with Crippen LogP contribution < -0.4 is 0 Å². The van der Waals surface area contributed by atoms with Crippen molar-refractivity contribution < 1.29 is 0 Å². The van der Waals surface area contributed by atoms with Gasteiger partial charge in [-0.3, -0.25) is 0 Å². The summed E-state index contributed by atoms with van der Waals surface area (Å²) in [6.07, 6.45) is 0. The first-order valence-electron chi connectivity index (χ1n) is 24.9. The Bertz CT molecular complexity index is 3520. The average molecular weight is 913 g/mol. The van der Waals surface area contributed by atoms with Crippen LogP contribution in [0.1, 0.15) is 0 Å². The van der Waals surface area contributed by atoms with Crippen molar-refractivity contribution in [2.45, 2.75) is 0 Å². The molecule has 0 N–H and O–H groups in total. The summed E-state index contributed by atoms with van der Waals surface area (Å²) in [5, 5.41) is 28.8. The van der Waals surface area contributed by atoms with Crippen LogP contribution in [0.15, 0.2) is 291 Å². The highest BCUT2D eigenvalue weighted by Crippen LogP contribution is 2.28. The van der Waals surface area contributed by atoms with E-state index in [0.717, 1.165) is 0 Å². The van der Waals surface area contributed by atoms with Gasteiger partial charge in [0.1, 0.15) is 0 Å². The molecule has 0 atom stereocenters. The fraction of sp³-hybridized carbons (Fsp3) is 0. The molecule has 336 valence electrons. The van der Waals surface area contributed by atoms with Crippen LogP contribution in [0, 0.1) is 0 Å². The molecule has 0 fully saturated rings. The van der Waals surface area contributed by atoms with Gasteiger partial charge in [-0.05, 0) is 166 Å². The number of rotatable bonds is 0. The van der Waals surface area contributed by atoms with Gasteiger partial charge in [-0.25, -0.2) is 0 Å². The van der Waals surface area contributed by atoms with Crippen molar-refractivity contribution in [3.63, 3.8) is 0 Å². The molecule has 72 heavy (non-hydrogen) atoms. The Morgan fingerprint density at radius 1 is 0.0833 bits per heavy atom. The zero-order valence-electron chi connectivity index (χ0n) is 39.7. The Labute approximate surface area is 418 Å². The summed E-state index contributed by atoms with van der Waals surface area (Å²) in [4.78, 5) is 0. The predicted octanol–water partition coefficient (Wildman–Crippen LogP) is 20.6. The van der Waals surface area contributed by atoms with Gasteiger partial charge < -0.3 is 0 Å². The van der Waals surface area contributed by atoms with Gasteiger partial charge in [0.2, 0.25) is 0 Å². The molecular formula is C72H48. The molecule has 0 saturated carbocycles. The summed E-state index contributed by atoms with van der Waals surface area (Å²) >= 11 is 0. The Hall–Kier alpha value is -9.36. The van der Waals surface area contributed by atoms with Gasteiger partial charge in [0.15, 0.2) is 0 Å². The van der Waals surface area contributed by atoms with E-state index in [4.69, 9.17) is 0 Å². The molecule has 0 heteroatoms. The molecule has 0 unspecified atom stereocenters. The molecule has 0 nitrogen and oxygen atoms in total. The van der Waals surface area contributed by atoms with Crippen LogP contribution in [0.3, 0.4) is 0 Å². The Kier molecular flexibility index (Phi) is 11.0. The number of hydrogen-bond donors (Lipinski definition) is 0. The molecule has 24 bridgehead atoms. The first-order chi connectivity index (χ1) is 35.6. The van der Waals surface area contributed by atoms with E-state index in [-0.39, 0.29) is 0 Å². The van der Waals surface area contributed by atoms with Gasteiger partial charge in [-0.1, -0.05) is 255 Å². The van der Waals surface area contributed by atoms with Crippen molar-refractivity contribution in [1.82, 2.24) is 0 Å². The Morgan fingerprint density at radius 2 is 0.167 bits per heavy atom. The molecule has 22 aromatic carbocycles. The Balaban J connectivity index is 0.958. The second kappa shape index (κ2) is 18.5. The van der Waals surface area contributed by atoms with E-state index in [9.17, 15) is 0 Å². The second-order valence-electron chi connectivity index (χ2n) is 18.9. The van der Waals surface area contributed by atoms with E-state index in [1.807, 2.05) is 0 Å². The van der Waals surface area contributed by atoms with Crippen LogP contribution in [-0.2, 0) is 0 Å². The fourth-order valence-corrected chi connectivity index (χ4v) is 10.4. The maximum Gasteiger partial charge on any atom is -0.0178 e. The molecule has 0 saturated heterocycles. The summed E-state index contributed by atoms with van der Waals surface area (Å²) in [5.41, 5.74) is 0. The Morgan fingerprint density at radius 3 is 0.250 bits per heavy atom. The molecule has 0 aliphatic carbocycles. The summed E-state index contributed by atoms with van der Waals surface area (Å²) in [6, 6.07) is 107. The average Bonchev–Trinajstić information content (AvgIpc) is 3.47. The molecule has 0 aliphatic heterocycles. The molecule has 0 heterocycles. The summed E-state index contributed by atoms with van der Waals surface area (Å²) in [7, 11) is 0. The maximum absolute atomic E-state index is 2.30. The van der Waals surface area contributed by atoms with Gasteiger partial charge in [-0.2, -0.15) is 0 Å². The van der Waals surface area contributed by atoms with Crippen LogP contribution in [0.25, 0.3) is 129 Å². The molecule has 22 rings (SSSR count). The van der Waals surface area contributed by atoms with Crippen molar-refractivity contribution in [2.75, 3.05) is 0 Å². The molecule has 22 aromatic rings. The lowest BCUT2D eigenvalue weighted by atomic mass is 10.0. The van der Waals surface area contributed by atoms with Crippen LogP contribution in [0.2, 0.25) is 0 Å². The van der Waals surface area contributed by atoms with Crippen molar-refractivity contribution >= 4 is 129 Å². The molecule has 0 aromatic heterocycles. The third kappa shape index (κ3) is 8.57. The van der Waals surface area contributed by atoms with E-state index in [0.29, 0.717) is 0 Å². The summed E-state index contributed by atoms with van der Waals surface area (Å²) < 4.78 is 0. The first-order valence-corrected chi connectivity index (χ1v) is 24.9. The van der Waals surface area contributed by atoms with Crippen molar-refractivity contribution in [3.05, 3.63) is 291 Å². The van der Waals surface area contributed by atoms with Crippen molar-refractivity contribution in [2.24, 2.45) is 0 Å². The quantitative estimate of drug-likeness (QED) is 0.142. The van der Waals surface area contributed by atoms with Gasteiger partial charge in [-0.15, -0.1) is 0 Å². The maximum atomic E-state index is 2.30. The topological polar surface area (TPSA) is 0 Å². The highest BCUT2D eigenvalue weighted by atomic mass is 14.1. The minimum Gasteiger partial charge on any atom is -0.0610 e. The number of benzene rings is 12. The van der Waals surface area contributed by atoms with Crippen LogP contribution in [0.4, 0.5) is 0 Å². The largest absolute Gasteiger partial charge is 0.0610 e. The fourth-order valence-electron chi connectivity index (χ4n) is 10.4. The summed E-state index contributed by atoms with van der Waals surface area (Å²) in [5.74, 6) is 0. The second-order valence-corrected chi connectivity index (χ2v) is 18.9. The highest BCUT2D eigenvalue weighted by molar-refractivity contribution is 6.01. The highest BCUT2D eigenvalue weighted by Gasteiger charge is 2.01.